The van der Waals surface area contributed by atoms with Crippen LogP contribution in [0.1, 0.15) is 56.9 Å². The Bertz CT molecular complexity index is 840. The molecule has 2 atom stereocenters. The second-order valence-electron chi connectivity index (χ2n) is 11.6. The number of carbonyl (C=O) groups excluding carboxylic acids is 2. The number of nitrogens with two attached hydrogens (primary N) is 3. The van der Waals surface area contributed by atoms with Crippen LogP contribution >= 0.6 is 11.6 Å². The second-order valence-corrected chi connectivity index (χ2v) is 11.9. The van der Waals surface area contributed by atoms with E-state index in [1.807, 2.05) is 0 Å². The van der Waals surface area contributed by atoms with Crippen molar-refractivity contribution in [2.45, 2.75) is 70.0 Å². The van der Waals surface area contributed by atoms with Gasteiger partial charge in [0.1, 0.15) is 6.04 Å². The van der Waals surface area contributed by atoms with Gasteiger partial charge < -0.3 is 42.5 Å². The van der Waals surface area contributed by atoms with Gasteiger partial charge in [0.25, 0.3) is 0 Å². The number of amides is 2. The zero-order chi connectivity index (χ0) is 30.5. The first kappa shape index (κ1) is 37.1. The predicted octanol–water partition coefficient (Wildman–Crippen LogP) is 1.49. The smallest absolute Gasteiger partial charge is 0.242 e. The molecule has 0 saturated heterocycles. The first-order valence-electron chi connectivity index (χ1n) is 15.3. The first-order chi connectivity index (χ1) is 19.6. The fourth-order valence-electron chi connectivity index (χ4n) is 4.62. The molecule has 0 radical (unpaired) electrons. The van der Waals surface area contributed by atoms with Crippen molar-refractivity contribution in [1.82, 2.24) is 16.0 Å². The highest BCUT2D eigenvalue weighted by molar-refractivity contribution is 6.18. The van der Waals surface area contributed by atoms with Crippen LogP contribution in [0.3, 0.4) is 0 Å². The Balaban J connectivity index is 2.34. The molecule has 9 N–H and O–H groups in total. The van der Waals surface area contributed by atoms with E-state index < -0.39 is 12.1 Å². The second kappa shape index (κ2) is 21.7. The summed E-state index contributed by atoms with van der Waals surface area (Å²) in [4.78, 5) is 27.6. The third kappa shape index (κ3) is 16.9. The number of hydrogen-bond acceptors (Lipinski definition) is 7. The number of quaternary nitrogens is 1. The number of benzene rings is 1. The van der Waals surface area contributed by atoms with Crippen molar-refractivity contribution >= 4 is 29.1 Å². The monoisotopic (exact) mass is 597 g/mol. The minimum atomic E-state index is -0.632. The Labute approximate surface area is 253 Å². The molecule has 41 heavy (non-hydrogen) atoms. The summed E-state index contributed by atoms with van der Waals surface area (Å²) in [5.74, 6) is 0.177. The van der Waals surface area contributed by atoms with Gasteiger partial charge in [0.05, 0.1) is 33.2 Å². The van der Waals surface area contributed by atoms with E-state index in [0.717, 1.165) is 75.7 Å². The molecule has 1 aromatic rings. The fourth-order valence-corrected chi connectivity index (χ4v) is 4.88. The van der Waals surface area contributed by atoms with Gasteiger partial charge in [0, 0.05) is 57.6 Å². The lowest BCUT2D eigenvalue weighted by molar-refractivity contribution is -0.890. The number of anilines is 1. The standard InChI is InChI=1S/C30H57ClN8O2/c1-38(21-16-31)26-14-12-25(13-15-26)24-35-19-8-22-39(2,3)23-9-20-36-30(41)28(11-5-7-18-33)37-29(40)27(34)10-4-6-17-32/h12-15,27-28,35H,4-11,16-24,32-34H2,1-3H3,(H-,36,37,40,41)/p+1. The molecular formula is C30H58ClN8O2+. The maximum Gasteiger partial charge on any atom is 0.242 e. The average molecular weight is 598 g/mol. The molecule has 11 heteroatoms. The molecule has 0 aliphatic rings. The van der Waals surface area contributed by atoms with E-state index in [1.165, 1.54) is 11.3 Å². The maximum absolute atomic E-state index is 12.9. The lowest BCUT2D eigenvalue weighted by Gasteiger charge is -2.30. The van der Waals surface area contributed by atoms with E-state index in [-0.39, 0.29) is 11.8 Å². The van der Waals surface area contributed by atoms with Gasteiger partial charge >= 0.3 is 0 Å². The van der Waals surface area contributed by atoms with Gasteiger partial charge in [0.15, 0.2) is 0 Å². The Kier molecular flexibility index (Phi) is 19.6. The Morgan fingerprint density at radius 1 is 0.902 bits per heavy atom. The SMILES string of the molecule is CN(CCCl)c1ccc(CNCCC[N+](C)(C)CCCNC(=O)C(CCCCN)NC(=O)C(N)CCCCN)cc1. The summed E-state index contributed by atoms with van der Waals surface area (Å²) >= 11 is 5.83. The van der Waals surface area contributed by atoms with Gasteiger partial charge in [-0.2, -0.15) is 0 Å². The molecule has 10 nitrogen and oxygen atoms in total. The van der Waals surface area contributed by atoms with Crippen LogP contribution in [0.2, 0.25) is 0 Å². The third-order valence-electron chi connectivity index (χ3n) is 7.37. The van der Waals surface area contributed by atoms with Gasteiger partial charge in [-0.15, -0.1) is 11.6 Å². The summed E-state index contributed by atoms with van der Waals surface area (Å²) in [6, 6.07) is 7.37. The predicted molar refractivity (Wildman–Crippen MR) is 172 cm³/mol. The number of nitrogens with one attached hydrogen (secondary N) is 3. The van der Waals surface area contributed by atoms with Crippen molar-refractivity contribution in [2.75, 3.05) is 77.7 Å². The summed E-state index contributed by atoms with van der Waals surface area (Å²) in [7, 11) is 6.49. The molecule has 0 aliphatic carbocycles. The molecule has 0 heterocycles. The van der Waals surface area contributed by atoms with Gasteiger partial charge in [-0.25, -0.2) is 0 Å². The molecule has 0 aromatic heterocycles. The molecule has 2 unspecified atom stereocenters. The Morgan fingerprint density at radius 2 is 1.51 bits per heavy atom. The van der Waals surface area contributed by atoms with Crippen LogP contribution < -0.4 is 38.1 Å². The molecule has 1 rings (SSSR count). The highest BCUT2D eigenvalue weighted by Crippen LogP contribution is 2.14. The Hall–Kier alpha value is -1.95. The number of nitrogens with zero attached hydrogens (tertiary/aromatic N) is 2. The quantitative estimate of drug-likeness (QED) is 0.0600. The molecule has 0 aliphatic heterocycles. The van der Waals surface area contributed by atoms with Crippen LogP contribution in [0, 0.1) is 0 Å². The molecule has 0 spiro atoms. The van der Waals surface area contributed by atoms with Crippen LogP contribution in [-0.2, 0) is 16.1 Å². The normalized spacial score (nSPS) is 13.0. The van der Waals surface area contributed by atoms with Crippen LogP contribution in [-0.4, -0.2) is 101 Å². The highest BCUT2D eigenvalue weighted by atomic mass is 35.5. The van der Waals surface area contributed by atoms with Crippen LogP contribution in [0.5, 0.6) is 0 Å². The average Bonchev–Trinajstić information content (AvgIpc) is 2.95. The zero-order valence-corrected chi connectivity index (χ0v) is 26.6. The lowest BCUT2D eigenvalue weighted by atomic mass is 10.1. The van der Waals surface area contributed by atoms with E-state index in [1.54, 1.807) is 0 Å². The molecule has 0 saturated carbocycles. The number of carbonyl (C=O) groups is 2. The van der Waals surface area contributed by atoms with Gasteiger partial charge in [0.2, 0.25) is 11.8 Å². The van der Waals surface area contributed by atoms with E-state index in [2.05, 4.69) is 66.3 Å². The van der Waals surface area contributed by atoms with Crippen molar-refractivity contribution in [3.8, 4) is 0 Å². The summed E-state index contributed by atoms with van der Waals surface area (Å²) in [5.41, 5.74) is 19.6. The molecule has 0 bridgehead atoms. The summed E-state index contributed by atoms with van der Waals surface area (Å²) < 4.78 is 0.882. The number of rotatable bonds is 24. The minimum Gasteiger partial charge on any atom is -0.373 e. The summed E-state index contributed by atoms with van der Waals surface area (Å²) in [6.07, 6.45) is 6.23. The fraction of sp³-hybridized carbons (Fsp3) is 0.733. The molecular weight excluding hydrogens is 540 g/mol. The lowest BCUT2D eigenvalue weighted by Crippen LogP contribution is -2.52. The van der Waals surface area contributed by atoms with Crippen molar-refractivity contribution in [1.29, 1.82) is 0 Å². The first-order valence-corrected chi connectivity index (χ1v) is 15.8. The van der Waals surface area contributed by atoms with Gasteiger partial charge in [-0.1, -0.05) is 18.6 Å². The largest absolute Gasteiger partial charge is 0.373 e. The van der Waals surface area contributed by atoms with E-state index in [0.29, 0.717) is 38.4 Å². The van der Waals surface area contributed by atoms with E-state index in [9.17, 15) is 9.59 Å². The highest BCUT2D eigenvalue weighted by Gasteiger charge is 2.23. The number of hydrogen-bond donors (Lipinski definition) is 6. The van der Waals surface area contributed by atoms with Crippen molar-refractivity contribution in [3.05, 3.63) is 29.8 Å². The van der Waals surface area contributed by atoms with Crippen LogP contribution in [0.15, 0.2) is 24.3 Å². The maximum atomic E-state index is 12.9. The van der Waals surface area contributed by atoms with Gasteiger partial charge in [-0.05, 0) is 62.9 Å². The molecule has 236 valence electrons. The summed E-state index contributed by atoms with van der Waals surface area (Å²) in [6.45, 7) is 6.33. The van der Waals surface area contributed by atoms with Crippen molar-refractivity contribution in [2.24, 2.45) is 17.2 Å². The van der Waals surface area contributed by atoms with Crippen LogP contribution in [0.25, 0.3) is 0 Å². The molecule has 1 aromatic carbocycles. The third-order valence-corrected chi connectivity index (χ3v) is 7.54. The number of alkyl halides is 1. The van der Waals surface area contributed by atoms with Crippen molar-refractivity contribution in [3.63, 3.8) is 0 Å². The topological polar surface area (TPSA) is 152 Å². The summed E-state index contributed by atoms with van der Waals surface area (Å²) in [5, 5.41) is 9.42. The van der Waals surface area contributed by atoms with E-state index >= 15 is 0 Å². The Morgan fingerprint density at radius 3 is 2.12 bits per heavy atom. The van der Waals surface area contributed by atoms with Gasteiger partial charge in [-0.3, -0.25) is 9.59 Å². The van der Waals surface area contributed by atoms with E-state index in [4.69, 9.17) is 28.8 Å². The minimum absolute atomic E-state index is 0.155. The molecule has 0 fully saturated rings. The van der Waals surface area contributed by atoms with Crippen molar-refractivity contribution < 1.29 is 14.1 Å². The van der Waals surface area contributed by atoms with Crippen LogP contribution in [0.4, 0.5) is 5.69 Å². The number of unbranched alkanes of at least 4 members (excludes halogenated alkanes) is 2. The number of halogens is 1. The zero-order valence-electron chi connectivity index (χ0n) is 25.8. The molecule has 2 amide bonds.